The molecule has 2 aromatic carbocycles. The van der Waals surface area contributed by atoms with Crippen molar-refractivity contribution in [1.29, 1.82) is 0 Å². The fraction of sp³-hybridized carbons (Fsp3) is 0.263. The average Bonchev–Trinajstić information content (AvgIpc) is 3.09. The number of benzene rings is 2. The summed E-state index contributed by atoms with van der Waals surface area (Å²) >= 11 is 0. The van der Waals surface area contributed by atoms with Crippen LogP contribution < -0.4 is 19.7 Å². The third-order valence-corrected chi connectivity index (χ3v) is 6.09. The lowest BCUT2D eigenvalue weighted by molar-refractivity contribution is -0.122. The lowest BCUT2D eigenvalue weighted by Gasteiger charge is -2.23. The normalized spacial score (nSPS) is 19.0. The first-order valence-electron chi connectivity index (χ1n) is 8.88. The Bertz CT molecular complexity index is 1050. The van der Waals surface area contributed by atoms with Gasteiger partial charge in [0.15, 0.2) is 6.10 Å². The standard InChI is InChI=1S/C19H19N3O5S/c1-12-19(24)20-16-11-13(4-9-17(16)27-12)21-28(25,26)15-7-5-14(6-8-15)22-10-2-3-18(22)23/h4-9,11-12,21H,2-3,10H2,1H3,(H,20,24)/t12-/m1/s1. The topological polar surface area (TPSA) is 105 Å². The Morgan fingerprint density at radius 3 is 2.57 bits per heavy atom. The highest BCUT2D eigenvalue weighted by atomic mass is 32.2. The summed E-state index contributed by atoms with van der Waals surface area (Å²) in [6.45, 7) is 2.28. The molecule has 0 radical (unpaired) electrons. The van der Waals surface area contributed by atoms with Crippen molar-refractivity contribution in [3.63, 3.8) is 0 Å². The van der Waals surface area contributed by atoms with Gasteiger partial charge in [0.05, 0.1) is 16.3 Å². The van der Waals surface area contributed by atoms with Gasteiger partial charge in [0.2, 0.25) is 5.91 Å². The average molecular weight is 401 g/mol. The van der Waals surface area contributed by atoms with Crippen LogP contribution in [0.1, 0.15) is 19.8 Å². The molecular formula is C19H19N3O5S. The predicted octanol–water partition coefficient (Wildman–Crippen LogP) is 2.33. The Labute approximate surface area is 162 Å². The van der Waals surface area contributed by atoms with Crippen molar-refractivity contribution >= 4 is 38.9 Å². The number of sulfonamides is 1. The van der Waals surface area contributed by atoms with E-state index < -0.39 is 16.1 Å². The number of amides is 2. The molecule has 2 aromatic rings. The number of carbonyl (C=O) groups excluding carboxylic acids is 2. The Hall–Kier alpha value is -3.07. The van der Waals surface area contributed by atoms with Gasteiger partial charge in [-0.15, -0.1) is 0 Å². The molecule has 0 bridgehead atoms. The number of hydrogen-bond donors (Lipinski definition) is 2. The number of fused-ring (bicyclic) bond motifs is 1. The molecule has 2 aliphatic heterocycles. The van der Waals surface area contributed by atoms with Crippen LogP contribution in [0, 0.1) is 0 Å². The summed E-state index contributed by atoms with van der Waals surface area (Å²) in [5, 5.41) is 2.68. The fourth-order valence-corrected chi connectivity index (χ4v) is 4.26. The van der Waals surface area contributed by atoms with Crippen LogP contribution in [0.2, 0.25) is 0 Å². The van der Waals surface area contributed by atoms with E-state index in [9.17, 15) is 18.0 Å². The van der Waals surface area contributed by atoms with Crippen LogP contribution in [-0.2, 0) is 19.6 Å². The molecule has 28 heavy (non-hydrogen) atoms. The Kier molecular flexibility index (Phi) is 4.46. The molecular weight excluding hydrogens is 382 g/mol. The molecule has 1 fully saturated rings. The van der Waals surface area contributed by atoms with Crippen LogP contribution in [0.4, 0.5) is 17.1 Å². The minimum Gasteiger partial charge on any atom is -0.479 e. The lowest BCUT2D eigenvalue weighted by Crippen LogP contribution is -2.34. The van der Waals surface area contributed by atoms with Gasteiger partial charge in [-0.25, -0.2) is 8.42 Å². The maximum atomic E-state index is 12.7. The summed E-state index contributed by atoms with van der Waals surface area (Å²) in [4.78, 5) is 25.3. The molecule has 1 atom stereocenters. The fourth-order valence-electron chi connectivity index (χ4n) is 3.21. The van der Waals surface area contributed by atoms with Gasteiger partial charge in [0.25, 0.3) is 15.9 Å². The van der Waals surface area contributed by atoms with Crippen molar-refractivity contribution in [2.45, 2.75) is 30.8 Å². The van der Waals surface area contributed by atoms with E-state index in [-0.39, 0.29) is 16.7 Å². The second kappa shape index (κ2) is 6.83. The van der Waals surface area contributed by atoms with Crippen LogP contribution in [0.25, 0.3) is 0 Å². The molecule has 0 aliphatic carbocycles. The first kappa shape index (κ1) is 18.3. The summed E-state index contributed by atoms with van der Waals surface area (Å²) in [7, 11) is -3.82. The van der Waals surface area contributed by atoms with E-state index in [0.717, 1.165) is 6.42 Å². The zero-order valence-electron chi connectivity index (χ0n) is 15.1. The van der Waals surface area contributed by atoms with E-state index in [1.807, 2.05) is 0 Å². The smallest absolute Gasteiger partial charge is 0.265 e. The largest absolute Gasteiger partial charge is 0.479 e. The zero-order valence-corrected chi connectivity index (χ0v) is 16.0. The van der Waals surface area contributed by atoms with Crippen molar-refractivity contribution in [2.24, 2.45) is 0 Å². The van der Waals surface area contributed by atoms with Crippen LogP contribution in [0.3, 0.4) is 0 Å². The Morgan fingerprint density at radius 1 is 1.14 bits per heavy atom. The quantitative estimate of drug-likeness (QED) is 0.818. The van der Waals surface area contributed by atoms with Crippen LogP contribution >= 0.6 is 0 Å². The summed E-state index contributed by atoms with van der Waals surface area (Å²) in [6, 6.07) is 10.9. The maximum absolute atomic E-state index is 12.7. The van der Waals surface area contributed by atoms with Gasteiger partial charge in [0, 0.05) is 18.7 Å². The highest BCUT2D eigenvalue weighted by molar-refractivity contribution is 7.92. The van der Waals surface area contributed by atoms with E-state index in [0.29, 0.717) is 35.8 Å². The van der Waals surface area contributed by atoms with E-state index >= 15 is 0 Å². The molecule has 0 aromatic heterocycles. The molecule has 146 valence electrons. The van der Waals surface area contributed by atoms with Gasteiger partial charge in [-0.2, -0.15) is 0 Å². The summed E-state index contributed by atoms with van der Waals surface area (Å²) in [5.41, 5.74) is 1.39. The third-order valence-electron chi connectivity index (χ3n) is 4.69. The number of carbonyl (C=O) groups is 2. The molecule has 0 unspecified atom stereocenters. The van der Waals surface area contributed by atoms with Crippen molar-refractivity contribution < 1.29 is 22.7 Å². The van der Waals surface area contributed by atoms with Crippen LogP contribution in [0.5, 0.6) is 5.75 Å². The SMILES string of the molecule is C[C@H]1Oc2ccc(NS(=O)(=O)c3ccc(N4CCCC4=O)cc3)cc2NC1=O. The molecule has 0 saturated carbocycles. The minimum absolute atomic E-state index is 0.0429. The van der Waals surface area contributed by atoms with Gasteiger partial charge in [-0.05, 0) is 55.8 Å². The third kappa shape index (κ3) is 3.40. The summed E-state index contributed by atoms with van der Waals surface area (Å²) in [5.74, 6) is 0.232. The number of nitrogens with one attached hydrogen (secondary N) is 2. The maximum Gasteiger partial charge on any atom is 0.265 e. The van der Waals surface area contributed by atoms with E-state index in [1.54, 1.807) is 36.1 Å². The second-order valence-electron chi connectivity index (χ2n) is 6.71. The predicted molar refractivity (Wildman–Crippen MR) is 104 cm³/mol. The van der Waals surface area contributed by atoms with Gasteiger partial charge >= 0.3 is 0 Å². The van der Waals surface area contributed by atoms with Gasteiger partial charge in [-0.3, -0.25) is 14.3 Å². The molecule has 2 N–H and O–H groups in total. The van der Waals surface area contributed by atoms with Crippen molar-refractivity contribution in [3.8, 4) is 5.75 Å². The highest BCUT2D eigenvalue weighted by Gasteiger charge is 2.25. The van der Waals surface area contributed by atoms with Crippen molar-refractivity contribution in [1.82, 2.24) is 0 Å². The second-order valence-corrected chi connectivity index (χ2v) is 8.39. The molecule has 4 rings (SSSR count). The lowest BCUT2D eigenvalue weighted by atomic mass is 10.2. The summed E-state index contributed by atoms with van der Waals surface area (Å²) < 4.78 is 33.3. The monoisotopic (exact) mass is 401 g/mol. The molecule has 2 aliphatic rings. The van der Waals surface area contributed by atoms with E-state index in [4.69, 9.17) is 4.74 Å². The highest BCUT2D eigenvalue weighted by Crippen LogP contribution is 2.33. The van der Waals surface area contributed by atoms with Gasteiger partial charge in [0.1, 0.15) is 5.75 Å². The summed E-state index contributed by atoms with van der Waals surface area (Å²) in [6.07, 6.45) is 0.715. The minimum atomic E-state index is -3.82. The molecule has 9 heteroatoms. The number of nitrogens with zero attached hydrogens (tertiary/aromatic N) is 1. The first-order valence-corrected chi connectivity index (χ1v) is 10.4. The number of hydrogen-bond acceptors (Lipinski definition) is 5. The van der Waals surface area contributed by atoms with E-state index in [1.165, 1.54) is 18.2 Å². The number of rotatable bonds is 4. The van der Waals surface area contributed by atoms with Crippen molar-refractivity contribution in [2.75, 3.05) is 21.5 Å². The molecule has 8 nitrogen and oxygen atoms in total. The molecule has 1 saturated heterocycles. The number of ether oxygens (including phenoxy) is 1. The zero-order chi connectivity index (χ0) is 19.9. The Balaban J connectivity index is 1.54. The van der Waals surface area contributed by atoms with Crippen LogP contribution in [-0.4, -0.2) is 32.9 Å². The van der Waals surface area contributed by atoms with E-state index in [2.05, 4.69) is 10.0 Å². The van der Waals surface area contributed by atoms with Gasteiger partial charge in [-0.1, -0.05) is 0 Å². The molecule has 2 amide bonds. The first-order chi connectivity index (χ1) is 13.3. The molecule has 0 spiro atoms. The Morgan fingerprint density at radius 2 is 1.89 bits per heavy atom. The van der Waals surface area contributed by atoms with Crippen molar-refractivity contribution in [3.05, 3.63) is 42.5 Å². The van der Waals surface area contributed by atoms with Gasteiger partial charge < -0.3 is 15.0 Å². The molecule has 2 heterocycles. The van der Waals surface area contributed by atoms with Crippen LogP contribution in [0.15, 0.2) is 47.4 Å². The number of anilines is 3.